The maximum absolute atomic E-state index is 12.0. The predicted molar refractivity (Wildman–Crippen MR) is 108 cm³/mol. The number of carbonyl (C=O) groups is 1. The maximum Gasteiger partial charge on any atom is 0.226 e. The number of anilines is 1. The summed E-state index contributed by atoms with van der Waals surface area (Å²) in [6, 6.07) is 8.46. The molecule has 136 valence electrons. The van der Waals surface area contributed by atoms with Crippen LogP contribution in [0.25, 0.3) is 11.3 Å². The summed E-state index contributed by atoms with van der Waals surface area (Å²) in [5, 5.41) is 5.64. The summed E-state index contributed by atoms with van der Waals surface area (Å²) < 4.78 is 0. The summed E-state index contributed by atoms with van der Waals surface area (Å²) in [5.41, 5.74) is 3.35. The van der Waals surface area contributed by atoms with Crippen LogP contribution in [-0.2, 0) is 11.2 Å². The summed E-state index contributed by atoms with van der Waals surface area (Å²) >= 11 is 1.49. The molecule has 3 nitrogen and oxygen atoms in total. The van der Waals surface area contributed by atoms with Crippen LogP contribution in [0.2, 0.25) is 0 Å². The minimum atomic E-state index is 0.0794. The van der Waals surface area contributed by atoms with Crippen molar-refractivity contribution < 1.29 is 4.79 Å². The summed E-state index contributed by atoms with van der Waals surface area (Å²) in [7, 11) is 0. The van der Waals surface area contributed by atoms with Gasteiger partial charge in [-0.2, -0.15) is 0 Å². The van der Waals surface area contributed by atoms with Crippen molar-refractivity contribution in [2.75, 3.05) is 5.32 Å². The SMILES string of the molecule is CCCCCCCCCC(=O)Nc1nc(-c2ccc(CC)cc2)cs1. The van der Waals surface area contributed by atoms with Crippen LogP contribution in [0.5, 0.6) is 0 Å². The van der Waals surface area contributed by atoms with Gasteiger partial charge in [0.25, 0.3) is 0 Å². The van der Waals surface area contributed by atoms with Gasteiger partial charge in [-0.1, -0.05) is 76.6 Å². The molecular weight excluding hydrogens is 328 g/mol. The number of nitrogens with zero attached hydrogens (tertiary/aromatic N) is 1. The van der Waals surface area contributed by atoms with Gasteiger partial charge in [-0.15, -0.1) is 11.3 Å². The van der Waals surface area contributed by atoms with E-state index < -0.39 is 0 Å². The molecule has 0 aliphatic rings. The third kappa shape index (κ3) is 6.99. The first-order valence-corrected chi connectivity index (χ1v) is 10.5. The first-order chi connectivity index (χ1) is 12.2. The Morgan fingerprint density at radius 2 is 1.68 bits per heavy atom. The van der Waals surface area contributed by atoms with Crippen molar-refractivity contribution >= 4 is 22.4 Å². The van der Waals surface area contributed by atoms with Gasteiger partial charge in [0.2, 0.25) is 5.91 Å². The molecule has 0 spiro atoms. The molecule has 0 bridgehead atoms. The summed E-state index contributed by atoms with van der Waals surface area (Å²) in [6.07, 6.45) is 10.2. The molecule has 1 heterocycles. The average Bonchev–Trinajstić information content (AvgIpc) is 3.09. The Kier molecular flexibility index (Phi) is 8.67. The molecule has 1 aromatic heterocycles. The fourth-order valence-corrected chi connectivity index (χ4v) is 3.54. The van der Waals surface area contributed by atoms with Gasteiger partial charge >= 0.3 is 0 Å². The standard InChI is InChI=1S/C21H30N2OS/c1-3-5-6-7-8-9-10-11-20(24)23-21-22-19(16-25-21)18-14-12-17(4-2)13-15-18/h12-16H,3-11H2,1-2H3,(H,22,23,24). The van der Waals surface area contributed by atoms with E-state index in [1.165, 1.54) is 49.0 Å². The fourth-order valence-electron chi connectivity index (χ4n) is 2.80. The molecule has 0 unspecified atom stereocenters. The van der Waals surface area contributed by atoms with Crippen molar-refractivity contribution in [3.8, 4) is 11.3 Å². The summed E-state index contributed by atoms with van der Waals surface area (Å²) in [6.45, 7) is 4.38. The van der Waals surface area contributed by atoms with Crippen molar-refractivity contribution in [3.05, 3.63) is 35.2 Å². The highest BCUT2D eigenvalue weighted by molar-refractivity contribution is 7.14. The van der Waals surface area contributed by atoms with Crippen LogP contribution in [-0.4, -0.2) is 10.9 Å². The number of benzene rings is 1. The van der Waals surface area contributed by atoms with Crippen LogP contribution >= 0.6 is 11.3 Å². The van der Waals surface area contributed by atoms with Crippen molar-refractivity contribution in [2.24, 2.45) is 0 Å². The second kappa shape index (κ2) is 11.0. The lowest BCUT2D eigenvalue weighted by Crippen LogP contribution is -2.10. The van der Waals surface area contributed by atoms with E-state index in [4.69, 9.17) is 0 Å². The predicted octanol–water partition coefficient (Wildman–Crippen LogP) is 6.45. The van der Waals surface area contributed by atoms with Crippen molar-refractivity contribution in [3.63, 3.8) is 0 Å². The molecule has 0 fully saturated rings. The molecule has 4 heteroatoms. The molecule has 0 radical (unpaired) electrons. The zero-order valence-corrected chi connectivity index (χ0v) is 16.3. The number of unbranched alkanes of at least 4 members (excludes halogenated alkanes) is 6. The third-order valence-corrected chi connectivity index (χ3v) is 5.17. The van der Waals surface area contributed by atoms with Gasteiger partial charge in [0, 0.05) is 17.4 Å². The third-order valence-electron chi connectivity index (χ3n) is 4.42. The fraction of sp³-hybridized carbons (Fsp3) is 0.524. The zero-order valence-electron chi connectivity index (χ0n) is 15.5. The first-order valence-electron chi connectivity index (χ1n) is 9.57. The molecule has 1 N–H and O–H groups in total. The Morgan fingerprint density at radius 1 is 1.00 bits per heavy atom. The summed E-state index contributed by atoms with van der Waals surface area (Å²) in [5.74, 6) is 0.0794. The van der Waals surface area contributed by atoms with Gasteiger partial charge in [0.1, 0.15) is 0 Å². The Balaban J connectivity index is 1.72. The lowest BCUT2D eigenvalue weighted by Gasteiger charge is -2.02. The molecule has 2 rings (SSSR count). The van der Waals surface area contributed by atoms with E-state index >= 15 is 0 Å². The van der Waals surface area contributed by atoms with Crippen LogP contribution in [0, 0.1) is 0 Å². The second-order valence-electron chi connectivity index (χ2n) is 6.51. The number of aromatic nitrogens is 1. The Labute approximate surface area is 155 Å². The second-order valence-corrected chi connectivity index (χ2v) is 7.37. The van der Waals surface area contributed by atoms with E-state index in [-0.39, 0.29) is 5.91 Å². The van der Waals surface area contributed by atoms with Gasteiger partial charge in [-0.05, 0) is 18.4 Å². The number of thiazole rings is 1. The maximum atomic E-state index is 12.0. The highest BCUT2D eigenvalue weighted by Crippen LogP contribution is 2.25. The minimum Gasteiger partial charge on any atom is -0.302 e. The van der Waals surface area contributed by atoms with E-state index in [0.29, 0.717) is 11.6 Å². The number of hydrogen-bond donors (Lipinski definition) is 1. The lowest BCUT2D eigenvalue weighted by molar-refractivity contribution is -0.116. The van der Waals surface area contributed by atoms with Crippen LogP contribution in [0.1, 0.15) is 70.8 Å². The van der Waals surface area contributed by atoms with Crippen LogP contribution in [0.3, 0.4) is 0 Å². The molecule has 1 amide bonds. The Morgan fingerprint density at radius 3 is 2.36 bits per heavy atom. The smallest absolute Gasteiger partial charge is 0.226 e. The Bertz CT molecular complexity index is 634. The van der Waals surface area contributed by atoms with Crippen LogP contribution in [0.15, 0.2) is 29.6 Å². The number of amides is 1. The largest absolute Gasteiger partial charge is 0.302 e. The number of nitrogens with one attached hydrogen (secondary N) is 1. The number of aryl methyl sites for hydroxylation is 1. The topological polar surface area (TPSA) is 42.0 Å². The zero-order chi connectivity index (χ0) is 17.9. The lowest BCUT2D eigenvalue weighted by atomic mass is 10.1. The molecule has 2 aromatic rings. The van der Waals surface area contributed by atoms with Gasteiger partial charge in [0.15, 0.2) is 5.13 Å². The summed E-state index contributed by atoms with van der Waals surface area (Å²) in [4.78, 5) is 16.6. The molecule has 25 heavy (non-hydrogen) atoms. The molecule has 0 aliphatic heterocycles. The number of carbonyl (C=O) groups excluding carboxylic acids is 1. The van der Waals surface area contributed by atoms with Crippen molar-refractivity contribution in [1.29, 1.82) is 0 Å². The van der Waals surface area contributed by atoms with Gasteiger partial charge in [-0.25, -0.2) is 4.98 Å². The molecule has 0 saturated heterocycles. The van der Waals surface area contributed by atoms with Crippen molar-refractivity contribution in [1.82, 2.24) is 4.98 Å². The van der Waals surface area contributed by atoms with E-state index in [0.717, 1.165) is 30.5 Å². The quantitative estimate of drug-likeness (QED) is 0.469. The van der Waals surface area contributed by atoms with E-state index in [1.54, 1.807) is 0 Å². The highest BCUT2D eigenvalue weighted by atomic mass is 32.1. The molecule has 0 atom stereocenters. The Hall–Kier alpha value is -1.68. The monoisotopic (exact) mass is 358 g/mol. The highest BCUT2D eigenvalue weighted by Gasteiger charge is 2.08. The van der Waals surface area contributed by atoms with Crippen LogP contribution in [0.4, 0.5) is 5.13 Å². The minimum absolute atomic E-state index is 0.0794. The van der Waals surface area contributed by atoms with Gasteiger partial charge in [-0.3, -0.25) is 4.79 Å². The van der Waals surface area contributed by atoms with Gasteiger partial charge < -0.3 is 5.32 Å². The normalized spacial score (nSPS) is 10.8. The van der Waals surface area contributed by atoms with Gasteiger partial charge in [0.05, 0.1) is 5.69 Å². The van der Waals surface area contributed by atoms with Crippen LogP contribution < -0.4 is 5.32 Å². The average molecular weight is 359 g/mol. The van der Waals surface area contributed by atoms with E-state index in [2.05, 4.69) is 48.4 Å². The molecular formula is C21H30N2OS. The first kappa shape index (κ1) is 19.6. The molecule has 0 aliphatic carbocycles. The molecule has 0 saturated carbocycles. The number of hydrogen-bond acceptors (Lipinski definition) is 3. The van der Waals surface area contributed by atoms with E-state index in [9.17, 15) is 4.79 Å². The molecule has 1 aromatic carbocycles. The number of rotatable bonds is 11. The van der Waals surface area contributed by atoms with Crippen molar-refractivity contribution in [2.45, 2.75) is 71.6 Å². The van der Waals surface area contributed by atoms with E-state index in [1.807, 2.05) is 5.38 Å².